The van der Waals surface area contributed by atoms with E-state index in [9.17, 15) is 4.39 Å². The summed E-state index contributed by atoms with van der Waals surface area (Å²) in [6, 6.07) is 10.5. The standard InChI is InChI=1S/C25H28ClFN4O/c1-30-23(18-5-6-18)14-28-24(30)15-31-11-9-17(10-12-31)22-3-2-4-25(29-22)32-16-19-7-8-20(26)13-21(19)27/h2-4,7-8,13-14,17-18H,5-6,9-12,15-16H2,1H3. The van der Waals surface area contributed by atoms with Crippen molar-refractivity contribution in [1.82, 2.24) is 19.4 Å². The molecule has 7 heteroatoms. The van der Waals surface area contributed by atoms with Crippen LogP contribution in [0.1, 0.15) is 60.3 Å². The number of benzene rings is 1. The van der Waals surface area contributed by atoms with E-state index in [1.54, 1.807) is 12.1 Å². The van der Waals surface area contributed by atoms with Gasteiger partial charge in [0.2, 0.25) is 5.88 Å². The van der Waals surface area contributed by atoms with Gasteiger partial charge in [0, 0.05) is 53.1 Å². The van der Waals surface area contributed by atoms with Gasteiger partial charge in [-0.25, -0.2) is 14.4 Å². The smallest absolute Gasteiger partial charge is 0.213 e. The van der Waals surface area contributed by atoms with Crippen LogP contribution in [-0.4, -0.2) is 32.5 Å². The van der Waals surface area contributed by atoms with Crippen LogP contribution in [-0.2, 0) is 20.2 Å². The third-order valence-corrected chi connectivity index (χ3v) is 6.86. The van der Waals surface area contributed by atoms with Crippen LogP contribution in [0.2, 0.25) is 5.02 Å². The molecule has 5 rings (SSSR count). The number of hydrogen-bond acceptors (Lipinski definition) is 4. The minimum atomic E-state index is -0.363. The Morgan fingerprint density at radius 2 is 1.91 bits per heavy atom. The highest BCUT2D eigenvalue weighted by molar-refractivity contribution is 6.30. The SMILES string of the molecule is Cn1c(C2CC2)cnc1CN1CCC(c2cccc(OCc3ccc(Cl)cc3F)n2)CC1. The minimum Gasteiger partial charge on any atom is -0.473 e. The highest BCUT2D eigenvalue weighted by Gasteiger charge is 2.28. The molecule has 168 valence electrons. The molecular weight excluding hydrogens is 427 g/mol. The topological polar surface area (TPSA) is 43.2 Å². The van der Waals surface area contributed by atoms with Gasteiger partial charge in [-0.3, -0.25) is 4.90 Å². The molecule has 1 aromatic carbocycles. The summed E-state index contributed by atoms with van der Waals surface area (Å²) in [4.78, 5) is 11.9. The van der Waals surface area contributed by atoms with E-state index in [2.05, 4.69) is 33.8 Å². The van der Waals surface area contributed by atoms with E-state index in [1.807, 2.05) is 12.1 Å². The largest absolute Gasteiger partial charge is 0.473 e. The molecule has 0 spiro atoms. The van der Waals surface area contributed by atoms with Crippen molar-refractivity contribution in [2.24, 2.45) is 7.05 Å². The number of imidazole rings is 1. The maximum absolute atomic E-state index is 14.0. The van der Waals surface area contributed by atoms with Gasteiger partial charge in [-0.1, -0.05) is 23.7 Å². The summed E-state index contributed by atoms with van der Waals surface area (Å²) < 4.78 is 22.0. The first-order valence-corrected chi connectivity index (χ1v) is 11.7. The lowest BCUT2D eigenvalue weighted by Crippen LogP contribution is -2.33. The number of aromatic nitrogens is 3. The van der Waals surface area contributed by atoms with Crippen LogP contribution in [0, 0.1) is 5.82 Å². The van der Waals surface area contributed by atoms with E-state index in [1.165, 1.54) is 24.6 Å². The minimum absolute atomic E-state index is 0.129. The normalized spacial score (nSPS) is 17.6. The van der Waals surface area contributed by atoms with Crippen LogP contribution in [0.4, 0.5) is 4.39 Å². The lowest BCUT2D eigenvalue weighted by Gasteiger charge is -2.31. The second-order valence-electron chi connectivity index (χ2n) is 8.91. The summed E-state index contributed by atoms with van der Waals surface area (Å²) in [5, 5.41) is 0.379. The van der Waals surface area contributed by atoms with Gasteiger partial charge in [0.1, 0.15) is 18.2 Å². The van der Waals surface area contributed by atoms with E-state index in [0.717, 1.165) is 49.9 Å². The fourth-order valence-corrected chi connectivity index (χ4v) is 4.64. The highest BCUT2D eigenvalue weighted by Crippen LogP contribution is 2.40. The van der Waals surface area contributed by atoms with Crippen LogP contribution in [0.5, 0.6) is 5.88 Å². The Bertz CT molecular complexity index is 1090. The summed E-state index contributed by atoms with van der Waals surface area (Å²) in [5.74, 6) is 2.46. The van der Waals surface area contributed by atoms with E-state index in [4.69, 9.17) is 21.3 Å². The van der Waals surface area contributed by atoms with Gasteiger partial charge < -0.3 is 9.30 Å². The summed E-state index contributed by atoms with van der Waals surface area (Å²) in [7, 11) is 2.15. The Balaban J connectivity index is 1.16. The number of piperidine rings is 1. The number of halogens is 2. The Morgan fingerprint density at radius 1 is 1.09 bits per heavy atom. The zero-order chi connectivity index (χ0) is 22.1. The Kier molecular flexibility index (Phi) is 6.15. The number of hydrogen-bond donors (Lipinski definition) is 0. The molecule has 0 N–H and O–H groups in total. The molecule has 0 bridgehead atoms. The monoisotopic (exact) mass is 454 g/mol. The number of nitrogens with zero attached hydrogens (tertiary/aromatic N) is 4. The van der Waals surface area contributed by atoms with Crippen molar-refractivity contribution in [2.75, 3.05) is 13.1 Å². The zero-order valence-electron chi connectivity index (χ0n) is 18.3. The maximum Gasteiger partial charge on any atom is 0.213 e. The lowest BCUT2D eigenvalue weighted by molar-refractivity contribution is 0.196. The molecule has 1 saturated heterocycles. The summed E-state index contributed by atoms with van der Waals surface area (Å²) in [6.45, 7) is 3.08. The van der Waals surface area contributed by atoms with Gasteiger partial charge >= 0.3 is 0 Å². The second-order valence-corrected chi connectivity index (χ2v) is 9.34. The first-order valence-electron chi connectivity index (χ1n) is 11.3. The number of pyridine rings is 1. The quantitative estimate of drug-likeness (QED) is 0.476. The Hall–Kier alpha value is -2.44. The highest BCUT2D eigenvalue weighted by atomic mass is 35.5. The maximum atomic E-state index is 14.0. The summed E-state index contributed by atoms with van der Waals surface area (Å²) in [5.41, 5.74) is 2.90. The molecule has 0 amide bonds. The van der Waals surface area contributed by atoms with E-state index in [-0.39, 0.29) is 12.4 Å². The molecule has 1 aliphatic carbocycles. The zero-order valence-corrected chi connectivity index (χ0v) is 19.1. The Morgan fingerprint density at radius 3 is 2.66 bits per heavy atom. The molecule has 1 aliphatic heterocycles. The van der Waals surface area contributed by atoms with Crippen LogP contribution >= 0.6 is 11.6 Å². The van der Waals surface area contributed by atoms with Gasteiger partial charge in [-0.2, -0.15) is 0 Å². The third-order valence-electron chi connectivity index (χ3n) is 6.62. The van der Waals surface area contributed by atoms with Crippen molar-refractivity contribution in [3.05, 3.63) is 76.2 Å². The van der Waals surface area contributed by atoms with Gasteiger partial charge in [0.25, 0.3) is 0 Å². The number of likely N-dealkylation sites (tertiary alicyclic amines) is 1. The molecule has 2 aliphatic rings. The molecule has 0 radical (unpaired) electrons. The van der Waals surface area contributed by atoms with Crippen molar-refractivity contribution < 1.29 is 9.13 Å². The first kappa shape index (κ1) is 21.4. The molecule has 32 heavy (non-hydrogen) atoms. The molecule has 3 heterocycles. The average molecular weight is 455 g/mol. The molecule has 0 unspecified atom stereocenters. The first-order chi connectivity index (χ1) is 15.6. The number of ether oxygens (including phenoxy) is 1. The van der Waals surface area contributed by atoms with Gasteiger partial charge in [-0.15, -0.1) is 0 Å². The van der Waals surface area contributed by atoms with Crippen LogP contribution < -0.4 is 4.74 Å². The third kappa shape index (κ3) is 4.81. The summed E-state index contributed by atoms with van der Waals surface area (Å²) in [6.07, 6.45) is 6.78. The van der Waals surface area contributed by atoms with Crippen molar-refractivity contribution in [1.29, 1.82) is 0 Å². The molecular formula is C25H28ClFN4O. The lowest BCUT2D eigenvalue weighted by atomic mass is 9.93. The molecule has 3 aromatic rings. The fraction of sp³-hybridized carbons (Fsp3) is 0.440. The predicted molar refractivity (Wildman–Crippen MR) is 122 cm³/mol. The van der Waals surface area contributed by atoms with Crippen molar-refractivity contribution in [3.8, 4) is 5.88 Å². The van der Waals surface area contributed by atoms with E-state index >= 15 is 0 Å². The number of rotatable bonds is 7. The van der Waals surface area contributed by atoms with Crippen LogP contribution in [0.25, 0.3) is 0 Å². The molecule has 1 saturated carbocycles. The average Bonchev–Trinajstić information content (AvgIpc) is 3.58. The van der Waals surface area contributed by atoms with Crippen molar-refractivity contribution >= 4 is 11.6 Å². The Labute approximate surface area is 193 Å². The van der Waals surface area contributed by atoms with Crippen molar-refractivity contribution in [2.45, 2.75) is 50.7 Å². The second kappa shape index (κ2) is 9.20. The van der Waals surface area contributed by atoms with Crippen LogP contribution in [0.15, 0.2) is 42.6 Å². The predicted octanol–water partition coefficient (Wildman–Crippen LogP) is 5.44. The van der Waals surface area contributed by atoms with E-state index in [0.29, 0.717) is 22.4 Å². The molecule has 0 atom stereocenters. The van der Waals surface area contributed by atoms with Crippen molar-refractivity contribution in [3.63, 3.8) is 0 Å². The van der Waals surface area contributed by atoms with Crippen LogP contribution in [0.3, 0.4) is 0 Å². The molecule has 2 fully saturated rings. The fourth-order valence-electron chi connectivity index (χ4n) is 4.48. The van der Waals surface area contributed by atoms with E-state index < -0.39 is 0 Å². The van der Waals surface area contributed by atoms with Gasteiger partial charge in [0.15, 0.2) is 0 Å². The molecule has 5 nitrogen and oxygen atoms in total. The van der Waals surface area contributed by atoms with Gasteiger partial charge in [-0.05, 0) is 57.0 Å². The summed E-state index contributed by atoms with van der Waals surface area (Å²) >= 11 is 5.82. The molecule has 2 aromatic heterocycles. The van der Waals surface area contributed by atoms with Gasteiger partial charge in [0.05, 0.1) is 6.54 Å².